The zero-order valence-corrected chi connectivity index (χ0v) is 27.9. The van der Waals surface area contributed by atoms with Crippen LogP contribution in [0, 0.1) is 11.8 Å². The maximum Gasteiger partial charge on any atom is 0.410 e. The Balaban J connectivity index is 1.84. The van der Waals surface area contributed by atoms with Gasteiger partial charge in [-0.25, -0.2) is 4.79 Å². The van der Waals surface area contributed by atoms with Crippen molar-refractivity contribution in [3.05, 3.63) is 35.4 Å². The van der Waals surface area contributed by atoms with Crippen LogP contribution in [0.5, 0.6) is 0 Å². The number of aliphatic carboxylic acids is 1. The molecule has 2 aliphatic heterocycles. The van der Waals surface area contributed by atoms with Crippen LogP contribution < -0.4 is 16.0 Å². The summed E-state index contributed by atoms with van der Waals surface area (Å²) in [6.45, 7) is 7.85. The van der Waals surface area contributed by atoms with E-state index >= 15 is 0 Å². The van der Waals surface area contributed by atoms with Gasteiger partial charge >= 0.3 is 12.1 Å². The number of Topliss-reactive ketones (excluding diaryl/α,β-unsaturated/α-hetero) is 2. The highest BCUT2D eigenvalue weighted by Gasteiger charge is 2.45. The minimum absolute atomic E-state index is 0.0442. The zero-order chi connectivity index (χ0) is 35.7. The SMILES string of the molecule is CCCC(NC(=O)[C@@H]1C[C@@H](OC(=O)N2CCc3ccccc3C2)CN1C(=O)[C@@H](NC(=O)C(=O)C(C)C)C(C)C)C(=O)C(=O)NCC(=O)O. The first kappa shape index (κ1) is 37.6. The normalized spacial score (nSPS) is 18.4. The Morgan fingerprint density at radius 3 is 2.21 bits per heavy atom. The van der Waals surface area contributed by atoms with Gasteiger partial charge in [0.2, 0.25) is 23.4 Å². The fourth-order valence-corrected chi connectivity index (χ4v) is 5.64. The summed E-state index contributed by atoms with van der Waals surface area (Å²) in [6.07, 6.45) is -0.662. The van der Waals surface area contributed by atoms with Gasteiger partial charge in [-0.05, 0) is 29.9 Å². The number of nitrogens with zero attached hydrogens (tertiary/aromatic N) is 2. The summed E-state index contributed by atoms with van der Waals surface area (Å²) < 4.78 is 5.80. The van der Waals surface area contributed by atoms with Crippen molar-refractivity contribution < 1.29 is 48.2 Å². The number of carboxylic acid groups (broad SMARTS) is 1. The van der Waals surface area contributed by atoms with Crippen LogP contribution in [0.3, 0.4) is 0 Å². The van der Waals surface area contributed by atoms with Crippen LogP contribution in [-0.2, 0) is 51.3 Å². The maximum atomic E-state index is 14.0. The highest BCUT2D eigenvalue weighted by atomic mass is 16.6. The Hall–Kier alpha value is -4.82. The van der Waals surface area contributed by atoms with Gasteiger partial charge < -0.3 is 35.6 Å². The fraction of sp³-hybridized carbons (Fsp3) is 0.576. The molecule has 1 unspecified atom stereocenters. The quantitative estimate of drug-likeness (QED) is 0.202. The second-order valence-electron chi connectivity index (χ2n) is 12.7. The van der Waals surface area contributed by atoms with Crippen molar-refractivity contribution in [1.82, 2.24) is 25.8 Å². The van der Waals surface area contributed by atoms with Crippen LogP contribution in [0.4, 0.5) is 4.79 Å². The number of hydrogen-bond acceptors (Lipinski definition) is 9. The molecule has 0 radical (unpaired) electrons. The molecule has 48 heavy (non-hydrogen) atoms. The van der Waals surface area contributed by atoms with Crippen molar-refractivity contribution in [3.8, 4) is 0 Å². The number of ketones is 2. The largest absolute Gasteiger partial charge is 0.480 e. The van der Waals surface area contributed by atoms with Gasteiger partial charge in [0.1, 0.15) is 24.7 Å². The second kappa shape index (κ2) is 16.8. The van der Waals surface area contributed by atoms with E-state index in [1.807, 2.05) is 29.6 Å². The number of benzene rings is 1. The third kappa shape index (κ3) is 9.61. The van der Waals surface area contributed by atoms with Crippen molar-refractivity contribution in [3.63, 3.8) is 0 Å². The van der Waals surface area contributed by atoms with Crippen molar-refractivity contribution in [2.45, 2.75) is 91.1 Å². The predicted octanol–water partition coefficient (Wildman–Crippen LogP) is 0.572. The Morgan fingerprint density at radius 2 is 1.60 bits per heavy atom. The number of rotatable bonds is 14. The van der Waals surface area contributed by atoms with Crippen LogP contribution in [0.1, 0.15) is 65.0 Å². The number of carboxylic acids is 1. The molecule has 262 valence electrons. The third-order valence-corrected chi connectivity index (χ3v) is 8.31. The molecule has 15 nitrogen and oxygen atoms in total. The van der Waals surface area contributed by atoms with Crippen LogP contribution in [0.2, 0.25) is 0 Å². The first-order valence-corrected chi connectivity index (χ1v) is 16.2. The molecule has 3 rings (SSSR count). The number of amides is 5. The van der Waals surface area contributed by atoms with Crippen LogP contribution in [-0.4, -0.2) is 106 Å². The van der Waals surface area contributed by atoms with Crippen molar-refractivity contribution in [2.75, 3.05) is 19.6 Å². The van der Waals surface area contributed by atoms with E-state index in [1.165, 1.54) is 4.90 Å². The first-order valence-electron chi connectivity index (χ1n) is 16.2. The molecule has 4 atom stereocenters. The molecular weight excluding hydrogens is 626 g/mol. The lowest BCUT2D eigenvalue weighted by Gasteiger charge is -2.31. The number of carbonyl (C=O) groups is 8. The van der Waals surface area contributed by atoms with E-state index in [9.17, 15) is 38.4 Å². The summed E-state index contributed by atoms with van der Waals surface area (Å²) >= 11 is 0. The highest BCUT2D eigenvalue weighted by Crippen LogP contribution is 2.26. The number of nitrogens with one attached hydrogen (secondary N) is 3. The zero-order valence-electron chi connectivity index (χ0n) is 27.9. The summed E-state index contributed by atoms with van der Waals surface area (Å²) in [5.41, 5.74) is 2.10. The molecule has 1 aromatic carbocycles. The minimum Gasteiger partial charge on any atom is -0.480 e. The van der Waals surface area contributed by atoms with E-state index in [1.54, 1.807) is 34.6 Å². The summed E-state index contributed by atoms with van der Waals surface area (Å²) in [5, 5.41) is 15.8. The molecule has 0 saturated carbocycles. The highest BCUT2D eigenvalue weighted by molar-refractivity contribution is 6.38. The number of ether oxygens (including phenoxy) is 1. The summed E-state index contributed by atoms with van der Waals surface area (Å²) in [5.74, 6) is -7.91. The average Bonchev–Trinajstić information content (AvgIpc) is 3.48. The van der Waals surface area contributed by atoms with Gasteiger partial charge in [-0.3, -0.25) is 33.6 Å². The second-order valence-corrected chi connectivity index (χ2v) is 12.7. The van der Waals surface area contributed by atoms with Crippen molar-refractivity contribution in [1.29, 1.82) is 0 Å². The van der Waals surface area contributed by atoms with Gasteiger partial charge in [-0.1, -0.05) is 65.3 Å². The molecule has 15 heteroatoms. The number of fused-ring (bicyclic) bond motifs is 1. The molecule has 2 heterocycles. The molecule has 0 bridgehead atoms. The molecule has 5 amide bonds. The van der Waals surface area contributed by atoms with E-state index < -0.39 is 89.9 Å². The predicted molar refractivity (Wildman–Crippen MR) is 170 cm³/mol. The molecule has 1 saturated heterocycles. The van der Waals surface area contributed by atoms with E-state index in [0.29, 0.717) is 25.9 Å². The molecular formula is C33H45N5O10. The molecule has 1 aromatic rings. The summed E-state index contributed by atoms with van der Waals surface area (Å²) in [7, 11) is 0. The van der Waals surface area contributed by atoms with Crippen LogP contribution in [0.15, 0.2) is 24.3 Å². The lowest BCUT2D eigenvalue weighted by Crippen LogP contribution is -2.58. The summed E-state index contributed by atoms with van der Waals surface area (Å²) in [4.78, 5) is 105. The maximum absolute atomic E-state index is 14.0. The van der Waals surface area contributed by atoms with E-state index in [2.05, 4.69) is 10.6 Å². The average molecular weight is 672 g/mol. The third-order valence-electron chi connectivity index (χ3n) is 8.31. The molecule has 4 N–H and O–H groups in total. The molecule has 1 fully saturated rings. The van der Waals surface area contributed by atoms with Crippen molar-refractivity contribution in [2.24, 2.45) is 11.8 Å². The topological polar surface area (TPSA) is 209 Å². The standard InChI is InChI=1S/C33H45N5O10/c1-6-9-23(28(42)30(44)34-15-25(39)40)35-29(43)24-14-22(48-33(47)37-13-12-20-10-7-8-11-21(20)16-37)17-38(24)32(46)26(18(2)3)36-31(45)27(41)19(4)5/h7-8,10-11,18-19,22-24,26H,6,9,12-17H2,1-5H3,(H,34,44)(H,35,43)(H,36,45)(H,39,40)/t22-,23?,24+,26+/m1/s1. The first-order chi connectivity index (χ1) is 22.6. The Labute approximate surface area is 279 Å². The van der Waals surface area contributed by atoms with Crippen LogP contribution in [0.25, 0.3) is 0 Å². The summed E-state index contributed by atoms with van der Waals surface area (Å²) in [6, 6.07) is 3.91. The number of carbonyl (C=O) groups excluding carboxylic acids is 7. The van der Waals surface area contributed by atoms with E-state index in [-0.39, 0.29) is 19.4 Å². The van der Waals surface area contributed by atoms with Gasteiger partial charge in [0.05, 0.1) is 12.6 Å². The van der Waals surface area contributed by atoms with E-state index in [4.69, 9.17) is 9.84 Å². The number of hydrogen-bond donors (Lipinski definition) is 4. The molecule has 0 spiro atoms. The van der Waals surface area contributed by atoms with Gasteiger partial charge in [-0.15, -0.1) is 0 Å². The van der Waals surface area contributed by atoms with Crippen LogP contribution >= 0.6 is 0 Å². The smallest absolute Gasteiger partial charge is 0.410 e. The van der Waals surface area contributed by atoms with Gasteiger partial charge in [0.25, 0.3) is 11.8 Å². The molecule has 2 aliphatic rings. The Morgan fingerprint density at radius 1 is 0.938 bits per heavy atom. The number of likely N-dealkylation sites (tertiary alicyclic amines) is 1. The minimum atomic E-state index is -1.36. The van der Waals surface area contributed by atoms with Gasteiger partial charge in [0, 0.05) is 25.4 Å². The molecule has 0 aliphatic carbocycles. The Bertz CT molecular complexity index is 1430. The molecule has 0 aromatic heterocycles. The fourth-order valence-electron chi connectivity index (χ4n) is 5.64. The lowest BCUT2D eigenvalue weighted by molar-refractivity contribution is -0.146. The lowest BCUT2D eigenvalue weighted by atomic mass is 10.0. The monoisotopic (exact) mass is 671 g/mol. The van der Waals surface area contributed by atoms with Gasteiger partial charge in [0.15, 0.2) is 0 Å². The van der Waals surface area contributed by atoms with Gasteiger partial charge in [-0.2, -0.15) is 0 Å². The van der Waals surface area contributed by atoms with Crippen molar-refractivity contribution >= 4 is 47.3 Å². The van der Waals surface area contributed by atoms with E-state index in [0.717, 1.165) is 16.0 Å². The Kier molecular flexibility index (Phi) is 13.2.